The average Bonchev–Trinajstić information content (AvgIpc) is 2.71. The van der Waals surface area contributed by atoms with Gasteiger partial charge in [0.05, 0.1) is 6.61 Å². The highest BCUT2D eigenvalue weighted by atomic mass is 16.6. The maximum atomic E-state index is 11.8. The number of rotatable bonds is 6. The molecule has 2 fully saturated rings. The third-order valence-electron chi connectivity index (χ3n) is 5.86. The zero-order chi connectivity index (χ0) is 18.5. The standard InChI is InChI=1S/C21H30N2O4/c24-21-16-25-13-12-23(21)9-3-4-17-7-10-22(11-8-17)14-18-15-26-19-5-1-2-6-20(19)27-18/h1-2,5-6,17-18H,3-4,7-16H2/t18-/m0/s1. The van der Waals surface area contributed by atoms with E-state index in [0.29, 0.717) is 13.2 Å². The Morgan fingerprint density at radius 2 is 1.89 bits per heavy atom. The van der Waals surface area contributed by atoms with Crippen LogP contribution in [0, 0.1) is 5.92 Å². The van der Waals surface area contributed by atoms with Gasteiger partial charge in [0.2, 0.25) is 5.91 Å². The lowest BCUT2D eigenvalue weighted by molar-refractivity contribution is -0.142. The number of hydrogen-bond donors (Lipinski definition) is 0. The molecule has 0 spiro atoms. The van der Waals surface area contributed by atoms with Crippen molar-refractivity contribution in [1.82, 2.24) is 9.80 Å². The summed E-state index contributed by atoms with van der Waals surface area (Å²) in [5.74, 6) is 2.64. The van der Waals surface area contributed by atoms with Gasteiger partial charge in [-0.3, -0.25) is 9.69 Å². The summed E-state index contributed by atoms with van der Waals surface area (Å²) >= 11 is 0. The molecule has 0 N–H and O–H groups in total. The van der Waals surface area contributed by atoms with Crippen molar-refractivity contribution in [2.24, 2.45) is 5.92 Å². The molecular weight excluding hydrogens is 344 g/mol. The van der Waals surface area contributed by atoms with E-state index in [1.807, 2.05) is 29.2 Å². The van der Waals surface area contributed by atoms with Gasteiger partial charge in [0.25, 0.3) is 0 Å². The fourth-order valence-electron chi connectivity index (χ4n) is 4.26. The van der Waals surface area contributed by atoms with Gasteiger partial charge in [0, 0.05) is 19.6 Å². The molecule has 148 valence electrons. The van der Waals surface area contributed by atoms with E-state index in [-0.39, 0.29) is 18.6 Å². The van der Waals surface area contributed by atoms with E-state index >= 15 is 0 Å². The Bertz CT molecular complexity index is 630. The molecule has 27 heavy (non-hydrogen) atoms. The molecule has 6 nitrogen and oxygen atoms in total. The van der Waals surface area contributed by atoms with Gasteiger partial charge in [-0.1, -0.05) is 12.1 Å². The minimum absolute atomic E-state index is 0.115. The molecule has 4 rings (SSSR count). The smallest absolute Gasteiger partial charge is 0.248 e. The molecule has 3 heterocycles. The second-order valence-electron chi connectivity index (χ2n) is 7.82. The number of piperidine rings is 1. The summed E-state index contributed by atoms with van der Waals surface area (Å²) in [4.78, 5) is 16.2. The molecule has 3 aliphatic heterocycles. The van der Waals surface area contributed by atoms with Crippen LogP contribution in [0.25, 0.3) is 0 Å². The molecular formula is C21H30N2O4. The van der Waals surface area contributed by atoms with E-state index in [1.54, 1.807) is 0 Å². The Hall–Kier alpha value is -1.79. The van der Waals surface area contributed by atoms with Gasteiger partial charge in [-0.15, -0.1) is 0 Å². The minimum Gasteiger partial charge on any atom is -0.486 e. The van der Waals surface area contributed by atoms with Crippen molar-refractivity contribution in [2.45, 2.75) is 31.8 Å². The lowest BCUT2D eigenvalue weighted by Gasteiger charge is -2.36. The number of ether oxygens (including phenoxy) is 3. The Morgan fingerprint density at radius 1 is 1.07 bits per heavy atom. The van der Waals surface area contributed by atoms with Crippen molar-refractivity contribution in [3.05, 3.63) is 24.3 Å². The summed E-state index contributed by atoms with van der Waals surface area (Å²) in [6, 6.07) is 7.90. The van der Waals surface area contributed by atoms with Crippen molar-refractivity contribution in [1.29, 1.82) is 0 Å². The third-order valence-corrected chi connectivity index (χ3v) is 5.86. The maximum Gasteiger partial charge on any atom is 0.248 e. The van der Waals surface area contributed by atoms with Gasteiger partial charge >= 0.3 is 0 Å². The molecule has 3 aliphatic rings. The molecule has 0 radical (unpaired) electrons. The van der Waals surface area contributed by atoms with E-state index in [9.17, 15) is 4.79 Å². The van der Waals surface area contributed by atoms with Crippen LogP contribution in [0.4, 0.5) is 0 Å². The summed E-state index contributed by atoms with van der Waals surface area (Å²) in [5, 5.41) is 0. The molecule has 1 aromatic rings. The van der Waals surface area contributed by atoms with E-state index in [1.165, 1.54) is 19.3 Å². The molecule has 0 saturated carbocycles. The van der Waals surface area contributed by atoms with E-state index < -0.39 is 0 Å². The van der Waals surface area contributed by atoms with Crippen molar-refractivity contribution < 1.29 is 19.0 Å². The predicted molar refractivity (Wildman–Crippen MR) is 102 cm³/mol. The van der Waals surface area contributed by atoms with E-state index in [0.717, 1.165) is 56.6 Å². The second-order valence-corrected chi connectivity index (χ2v) is 7.82. The summed E-state index contributed by atoms with van der Waals surface area (Å²) in [6.45, 7) is 6.40. The molecule has 2 saturated heterocycles. The highest BCUT2D eigenvalue weighted by Crippen LogP contribution is 2.31. The Labute approximate surface area is 161 Å². The highest BCUT2D eigenvalue weighted by Gasteiger charge is 2.26. The topological polar surface area (TPSA) is 51.2 Å². The van der Waals surface area contributed by atoms with Gasteiger partial charge in [0.15, 0.2) is 11.5 Å². The van der Waals surface area contributed by atoms with Crippen LogP contribution in [-0.4, -0.2) is 74.4 Å². The summed E-state index contributed by atoms with van der Waals surface area (Å²) in [7, 11) is 0. The van der Waals surface area contributed by atoms with Gasteiger partial charge in [-0.25, -0.2) is 0 Å². The largest absolute Gasteiger partial charge is 0.486 e. The molecule has 6 heteroatoms. The van der Waals surface area contributed by atoms with Crippen LogP contribution in [0.1, 0.15) is 25.7 Å². The molecule has 1 atom stereocenters. The molecule has 1 amide bonds. The molecule has 1 aromatic carbocycles. The number of para-hydroxylation sites is 2. The van der Waals surface area contributed by atoms with Crippen LogP contribution in [-0.2, 0) is 9.53 Å². The predicted octanol–water partition coefficient (Wildman–Crippen LogP) is 2.18. The number of hydrogen-bond acceptors (Lipinski definition) is 5. The van der Waals surface area contributed by atoms with Crippen LogP contribution in [0.2, 0.25) is 0 Å². The maximum absolute atomic E-state index is 11.8. The number of likely N-dealkylation sites (tertiary alicyclic amines) is 1. The van der Waals surface area contributed by atoms with Gasteiger partial charge in [0.1, 0.15) is 19.3 Å². The fourth-order valence-corrected chi connectivity index (χ4v) is 4.26. The van der Waals surface area contributed by atoms with Crippen molar-refractivity contribution in [3.63, 3.8) is 0 Å². The minimum atomic E-state index is 0.115. The number of benzene rings is 1. The summed E-state index contributed by atoms with van der Waals surface area (Å²) in [6.07, 6.45) is 4.91. The fraction of sp³-hybridized carbons (Fsp3) is 0.667. The van der Waals surface area contributed by atoms with Gasteiger partial charge < -0.3 is 19.1 Å². The first-order valence-electron chi connectivity index (χ1n) is 10.2. The monoisotopic (exact) mass is 374 g/mol. The molecule has 0 unspecified atom stereocenters. The van der Waals surface area contributed by atoms with Gasteiger partial charge in [-0.05, 0) is 56.8 Å². The molecule has 0 bridgehead atoms. The number of morpholine rings is 1. The normalized spacial score (nSPS) is 24.2. The number of amides is 1. The van der Waals surface area contributed by atoms with E-state index in [4.69, 9.17) is 14.2 Å². The first-order chi connectivity index (χ1) is 13.3. The second kappa shape index (κ2) is 8.93. The lowest BCUT2D eigenvalue weighted by Crippen LogP contribution is -2.44. The lowest BCUT2D eigenvalue weighted by atomic mass is 9.92. The highest BCUT2D eigenvalue weighted by molar-refractivity contribution is 5.77. The van der Waals surface area contributed by atoms with E-state index in [2.05, 4.69) is 4.90 Å². The quantitative estimate of drug-likeness (QED) is 0.764. The molecule has 0 aliphatic carbocycles. The van der Waals surface area contributed by atoms with Crippen LogP contribution < -0.4 is 9.47 Å². The SMILES string of the molecule is O=C1COCCN1CCCC1CCN(C[C@H]2COc3ccccc3O2)CC1. The summed E-state index contributed by atoms with van der Waals surface area (Å²) < 4.78 is 17.1. The van der Waals surface area contributed by atoms with Crippen molar-refractivity contribution >= 4 is 5.91 Å². The van der Waals surface area contributed by atoms with Crippen molar-refractivity contribution in [2.75, 3.05) is 52.5 Å². The number of carbonyl (C=O) groups excluding carboxylic acids is 1. The number of fused-ring (bicyclic) bond motifs is 1. The Morgan fingerprint density at radius 3 is 2.70 bits per heavy atom. The Kier molecular flexibility index (Phi) is 6.14. The first kappa shape index (κ1) is 18.6. The van der Waals surface area contributed by atoms with Crippen LogP contribution in [0.15, 0.2) is 24.3 Å². The zero-order valence-corrected chi connectivity index (χ0v) is 16.0. The van der Waals surface area contributed by atoms with Crippen LogP contribution in [0.5, 0.6) is 11.5 Å². The third kappa shape index (κ3) is 4.93. The Balaban J connectivity index is 1.14. The average molecular weight is 374 g/mol. The first-order valence-corrected chi connectivity index (χ1v) is 10.2. The van der Waals surface area contributed by atoms with Crippen LogP contribution in [0.3, 0.4) is 0 Å². The number of nitrogens with zero attached hydrogens (tertiary/aromatic N) is 2. The van der Waals surface area contributed by atoms with Crippen molar-refractivity contribution in [3.8, 4) is 11.5 Å². The zero-order valence-electron chi connectivity index (χ0n) is 16.0. The summed E-state index contributed by atoms with van der Waals surface area (Å²) in [5.41, 5.74) is 0. The molecule has 0 aromatic heterocycles. The number of carbonyl (C=O) groups is 1. The van der Waals surface area contributed by atoms with Gasteiger partial charge in [-0.2, -0.15) is 0 Å². The van der Waals surface area contributed by atoms with Crippen LogP contribution >= 0.6 is 0 Å².